The molecule has 3 heteroatoms. The maximum absolute atomic E-state index is 6.89. The Morgan fingerprint density at radius 3 is 1.24 bits per heavy atom. The zero-order valence-electron chi connectivity index (χ0n) is 20.2. The van der Waals surface area contributed by atoms with Crippen LogP contribution in [0.4, 0.5) is 0 Å². The maximum atomic E-state index is 6.89. The minimum Gasteiger partial charge on any atom is -1.00 e. The van der Waals surface area contributed by atoms with E-state index in [1.165, 1.54) is 21.5 Å². The molecule has 5 aromatic carbocycles. The van der Waals surface area contributed by atoms with Gasteiger partial charge in [-0.1, -0.05) is 127 Å². The molecule has 0 aromatic heterocycles. The standard InChI is InChI=1S/C34H26OP.BrH/c1-6-16-27(17-7-1)32-26-36(30-22-12-4-13-23-30,31-24-14-5-15-25-31)34(29-20-10-3-11-21-29)33(35-32)28-18-8-2-9-19-28;/h1-26H;1H/q+1;/p-1. The van der Waals surface area contributed by atoms with Gasteiger partial charge in [0.05, 0.1) is 0 Å². The van der Waals surface area contributed by atoms with Crippen LogP contribution < -0.4 is 27.6 Å². The molecule has 0 N–H and O–H groups in total. The molecule has 1 nitrogen and oxygen atoms in total. The van der Waals surface area contributed by atoms with Crippen LogP contribution in [0.3, 0.4) is 0 Å². The van der Waals surface area contributed by atoms with Crippen LogP contribution in [0.25, 0.3) is 16.8 Å². The first-order valence-corrected chi connectivity index (χ1v) is 14.0. The molecule has 0 saturated heterocycles. The molecule has 1 aliphatic heterocycles. The number of benzene rings is 5. The fourth-order valence-electron chi connectivity index (χ4n) is 4.92. The zero-order chi connectivity index (χ0) is 24.2. The molecule has 1 heterocycles. The normalized spacial score (nSPS) is 14.2. The largest absolute Gasteiger partial charge is 1.00 e. The highest BCUT2D eigenvalue weighted by atomic mass is 79.9. The van der Waals surface area contributed by atoms with Crippen LogP contribution in [0, 0.1) is 0 Å². The van der Waals surface area contributed by atoms with Crippen LogP contribution in [0.15, 0.2) is 157 Å². The van der Waals surface area contributed by atoms with Crippen LogP contribution in [0.5, 0.6) is 0 Å². The molecule has 0 spiro atoms. The monoisotopic (exact) mass is 560 g/mol. The molecule has 0 aliphatic carbocycles. The first-order chi connectivity index (χ1) is 17.9. The van der Waals surface area contributed by atoms with E-state index in [1.54, 1.807) is 0 Å². The summed E-state index contributed by atoms with van der Waals surface area (Å²) in [5, 5.41) is 3.85. The van der Waals surface area contributed by atoms with Crippen molar-refractivity contribution in [1.82, 2.24) is 0 Å². The number of rotatable bonds is 5. The molecular formula is C34H26BrOP. The lowest BCUT2D eigenvalue weighted by Gasteiger charge is -2.33. The van der Waals surface area contributed by atoms with Crippen molar-refractivity contribution in [1.29, 1.82) is 0 Å². The number of ether oxygens (including phenoxy) is 1. The Hall–Kier alpha value is -3.71. The summed E-state index contributed by atoms with van der Waals surface area (Å²) in [6.45, 7) is 0. The molecule has 0 bridgehead atoms. The van der Waals surface area contributed by atoms with E-state index in [2.05, 4.69) is 151 Å². The lowest BCUT2D eigenvalue weighted by atomic mass is 10.1. The van der Waals surface area contributed by atoms with Crippen LogP contribution in [-0.2, 0) is 4.74 Å². The van der Waals surface area contributed by atoms with Crippen LogP contribution in [0.2, 0.25) is 0 Å². The Labute approximate surface area is 229 Å². The molecule has 0 radical (unpaired) electrons. The Balaban J connectivity index is 0.00000280. The summed E-state index contributed by atoms with van der Waals surface area (Å²) in [4.78, 5) is 0. The molecule has 37 heavy (non-hydrogen) atoms. The highest BCUT2D eigenvalue weighted by Crippen LogP contribution is 2.73. The fourth-order valence-corrected chi connectivity index (χ4v) is 9.05. The first-order valence-electron chi connectivity index (χ1n) is 12.2. The van der Waals surface area contributed by atoms with Gasteiger partial charge in [-0.25, -0.2) is 0 Å². The van der Waals surface area contributed by atoms with E-state index in [-0.39, 0.29) is 17.0 Å². The maximum Gasteiger partial charge on any atom is 0.178 e. The van der Waals surface area contributed by atoms with Crippen molar-refractivity contribution >= 4 is 34.7 Å². The van der Waals surface area contributed by atoms with Crippen molar-refractivity contribution in [3.05, 3.63) is 174 Å². The smallest absolute Gasteiger partial charge is 0.178 e. The van der Waals surface area contributed by atoms with Gasteiger partial charge in [0, 0.05) is 16.7 Å². The summed E-state index contributed by atoms with van der Waals surface area (Å²) in [6, 6.07) is 53.6. The molecule has 0 fully saturated rings. The van der Waals surface area contributed by atoms with Gasteiger partial charge in [-0.05, 0) is 24.3 Å². The SMILES string of the molecule is C1=C(c2ccccc2)OC(c2ccccc2)=C(c2ccccc2)[P+]1(c1ccccc1)c1ccccc1.[Br-]. The van der Waals surface area contributed by atoms with E-state index >= 15 is 0 Å². The number of halogens is 1. The molecular weight excluding hydrogens is 535 g/mol. The lowest BCUT2D eigenvalue weighted by molar-refractivity contribution is -0.00000736. The van der Waals surface area contributed by atoms with Gasteiger partial charge in [0.25, 0.3) is 0 Å². The van der Waals surface area contributed by atoms with Gasteiger partial charge < -0.3 is 21.7 Å². The lowest BCUT2D eigenvalue weighted by Crippen LogP contribution is -3.00. The van der Waals surface area contributed by atoms with E-state index in [9.17, 15) is 0 Å². The Kier molecular flexibility index (Phi) is 7.51. The summed E-state index contributed by atoms with van der Waals surface area (Å²) in [5.41, 5.74) is 3.34. The second-order valence-electron chi connectivity index (χ2n) is 8.77. The summed E-state index contributed by atoms with van der Waals surface area (Å²) < 4.78 is 6.89. The van der Waals surface area contributed by atoms with E-state index < -0.39 is 7.26 Å². The van der Waals surface area contributed by atoms with Gasteiger partial charge in [0.2, 0.25) is 0 Å². The summed E-state index contributed by atoms with van der Waals surface area (Å²) >= 11 is 0. The van der Waals surface area contributed by atoms with Gasteiger partial charge in [-0.15, -0.1) is 0 Å². The molecule has 5 aromatic rings. The molecule has 0 atom stereocenters. The summed E-state index contributed by atoms with van der Waals surface area (Å²) in [5.74, 6) is 4.24. The predicted octanol–water partition coefficient (Wildman–Crippen LogP) is 5.21. The minimum atomic E-state index is -2.28. The number of hydrogen-bond donors (Lipinski definition) is 0. The summed E-state index contributed by atoms with van der Waals surface area (Å²) in [6.07, 6.45) is 0. The topological polar surface area (TPSA) is 9.23 Å². The Bertz CT molecular complexity index is 1470. The van der Waals surface area contributed by atoms with Gasteiger partial charge in [0.1, 0.15) is 23.7 Å². The third-order valence-corrected chi connectivity index (χ3v) is 10.6. The van der Waals surface area contributed by atoms with Crippen molar-refractivity contribution in [2.45, 2.75) is 0 Å². The van der Waals surface area contributed by atoms with Crippen molar-refractivity contribution in [3.63, 3.8) is 0 Å². The third-order valence-electron chi connectivity index (χ3n) is 6.56. The van der Waals surface area contributed by atoms with Gasteiger partial charge in [-0.3, -0.25) is 0 Å². The highest BCUT2D eigenvalue weighted by molar-refractivity contribution is 8.00. The quantitative estimate of drug-likeness (QED) is 0.268. The van der Waals surface area contributed by atoms with Gasteiger partial charge in [-0.2, -0.15) is 0 Å². The van der Waals surface area contributed by atoms with Crippen molar-refractivity contribution in [3.8, 4) is 0 Å². The fraction of sp³-hybridized carbons (Fsp3) is 0. The van der Waals surface area contributed by atoms with E-state index in [0.29, 0.717) is 0 Å². The minimum absolute atomic E-state index is 0. The van der Waals surface area contributed by atoms with Crippen molar-refractivity contribution < 1.29 is 21.7 Å². The van der Waals surface area contributed by atoms with E-state index in [1.807, 2.05) is 6.07 Å². The van der Waals surface area contributed by atoms with Crippen LogP contribution in [0.1, 0.15) is 16.7 Å². The van der Waals surface area contributed by atoms with Gasteiger partial charge in [0.15, 0.2) is 16.8 Å². The predicted molar refractivity (Wildman–Crippen MR) is 154 cm³/mol. The van der Waals surface area contributed by atoms with E-state index in [4.69, 9.17) is 4.74 Å². The molecule has 0 amide bonds. The second kappa shape index (κ2) is 11.1. The average molecular weight is 561 g/mol. The van der Waals surface area contributed by atoms with Gasteiger partial charge >= 0.3 is 0 Å². The van der Waals surface area contributed by atoms with E-state index in [0.717, 1.165) is 22.6 Å². The average Bonchev–Trinajstić information content (AvgIpc) is 2.98. The molecule has 180 valence electrons. The van der Waals surface area contributed by atoms with Crippen molar-refractivity contribution in [2.75, 3.05) is 0 Å². The zero-order valence-corrected chi connectivity index (χ0v) is 22.7. The molecule has 0 unspecified atom stereocenters. The number of hydrogen-bond acceptors (Lipinski definition) is 1. The highest BCUT2D eigenvalue weighted by Gasteiger charge is 2.52. The Morgan fingerprint density at radius 2 is 0.784 bits per heavy atom. The second-order valence-corrected chi connectivity index (χ2v) is 11.9. The molecule has 0 saturated carbocycles. The van der Waals surface area contributed by atoms with Crippen LogP contribution in [-0.4, -0.2) is 0 Å². The van der Waals surface area contributed by atoms with Crippen molar-refractivity contribution in [2.24, 2.45) is 0 Å². The third kappa shape index (κ3) is 4.71. The summed E-state index contributed by atoms with van der Waals surface area (Å²) in [7, 11) is -2.28. The van der Waals surface area contributed by atoms with Crippen LogP contribution >= 0.6 is 7.26 Å². The first kappa shape index (κ1) is 25.0. The molecule has 1 aliphatic rings. The Morgan fingerprint density at radius 1 is 0.405 bits per heavy atom. The molecule has 6 rings (SSSR count).